The number of nitrogens with zero attached hydrogens (tertiary/aromatic N) is 2. The van der Waals surface area contributed by atoms with Gasteiger partial charge in [0.15, 0.2) is 0 Å². The summed E-state index contributed by atoms with van der Waals surface area (Å²) in [7, 11) is 0. The van der Waals surface area contributed by atoms with E-state index in [0.717, 1.165) is 33.8 Å². The van der Waals surface area contributed by atoms with Crippen LogP contribution in [-0.2, 0) is 0 Å². The fraction of sp³-hybridized carbons (Fsp3) is 0.400. The molecule has 5 nitrogen and oxygen atoms in total. The first-order chi connectivity index (χ1) is 12.3. The van der Waals surface area contributed by atoms with E-state index in [4.69, 9.17) is 16.1 Å². The second kappa shape index (κ2) is 7.54. The minimum atomic E-state index is -0.145. The molecule has 1 aliphatic heterocycles. The third-order valence-corrected chi connectivity index (χ3v) is 5.10. The van der Waals surface area contributed by atoms with Gasteiger partial charge in [-0.2, -0.15) is 0 Å². The van der Waals surface area contributed by atoms with Gasteiger partial charge in [0.05, 0.1) is 5.69 Å². The number of piperidine rings is 1. The number of likely N-dealkylation sites (tertiary alicyclic amines) is 1. The number of aryl methyl sites for hydroxylation is 2. The maximum Gasteiger partial charge on any atom is 0.324 e. The molecule has 1 aromatic heterocycles. The van der Waals surface area contributed by atoms with E-state index in [1.54, 1.807) is 0 Å². The second-order valence-corrected chi connectivity index (χ2v) is 7.47. The van der Waals surface area contributed by atoms with Crippen molar-refractivity contribution in [3.63, 3.8) is 0 Å². The van der Waals surface area contributed by atoms with Crippen LogP contribution in [0.5, 0.6) is 0 Å². The van der Waals surface area contributed by atoms with E-state index in [1.165, 1.54) is 5.57 Å². The van der Waals surface area contributed by atoms with Crippen molar-refractivity contribution in [2.45, 2.75) is 34.1 Å². The lowest BCUT2D eigenvalue weighted by molar-refractivity contribution is 0.197. The van der Waals surface area contributed by atoms with Gasteiger partial charge in [0, 0.05) is 23.7 Å². The van der Waals surface area contributed by atoms with Gasteiger partial charge in [0.2, 0.25) is 5.88 Å². The fourth-order valence-electron chi connectivity index (χ4n) is 3.22. The quantitative estimate of drug-likeness (QED) is 0.785. The van der Waals surface area contributed by atoms with Crippen molar-refractivity contribution < 1.29 is 9.32 Å². The molecule has 2 aromatic rings. The molecule has 1 aromatic carbocycles. The number of carbonyl (C=O) groups is 1. The van der Waals surface area contributed by atoms with Gasteiger partial charge in [-0.15, -0.1) is 0 Å². The molecule has 2 amide bonds. The van der Waals surface area contributed by atoms with Gasteiger partial charge < -0.3 is 9.42 Å². The van der Waals surface area contributed by atoms with Crippen molar-refractivity contribution in [2.75, 3.05) is 18.4 Å². The van der Waals surface area contributed by atoms with Gasteiger partial charge >= 0.3 is 6.03 Å². The second-order valence-electron chi connectivity index (χ2n) is 7.03. The molecule has 0 radical (unpaired) electrons. The fourth-order valence-corrected chi connectivity index (χ4v) is 3.52. The SMILES string of the molecule is Cc1cc(Cl)cc(C=C2CCN(C(=O)Nc3onc(C)c3C)CC2C)c1. The van der Waals surface area contributed by atoms with Crippen molar-refractivity contribution in [2.24, 2.45) is 5.92 Å². The molecular weight excluding hydrogens is 350 g/mol. The van der Waals surface area contributed by atoms with Gasteiger partial charge in [0.25, 0.3) is 0 Å². The largest absolute Gasteiger partial charge is 0.338 e. The first kappa shape index (κ1) is 18.5. The van der Waals surface area contributed by atoms with Crippen molar-refractivity contribution in [3.05, 3.63) is 51.2 Å². The number of hydrogen-bond donors (Lipinski definition) is 1. The van der Waals surface area contributed by atoms with Gasteiger partial charge in [-0.1, -0.05) is 41.4 Å². The Morgan fingerprint density at radius 2 is 2.12 bits per heavy atom. The van der Waals surface area contributed by atoms with Crippen LogP contribution in [0.25, 0.3) is 6.08 Å². The summed E-state index contributed by atoms with van der Waals surface area (Å²) in [6.07, 6.45) is 3.04. The first-order valence-corrected chi connectivity index (χ1v) is 9.17. The maximum atomic E-state index is 12.5. The lowest BCUT2D eigenvalue weighted by Crippen LogP contribution is -2.42. The molecule has 3 rings (SSSR count). The minimum absolute atomic E-state index is 0.145. The summed E-state index contributed by atoms with van der Waals surface area (Å²) in [4.78, 5) is 14.3. The number of anilines is 1. The number of hydrogen-bond acceptors (Lipinski definition) is 3. The number of carbonyl (C=O) groups excluding carboxylic acids is 1. The number of aromatic nitrogens is 1. The van der Waals surface area contributed by atoms with Crippen molar-refractivity contribution in [3.8, 4) is 0 Å². The molecule has 0 aliphatic carbocycles. The average Bonchev–Trinajstić information content (AvgIpc) is 2.88. The lowest BCUT2D eigenvalue weighted by Gasteiger charge is -2.33. The molecule has 1 atom stereocenters. The number of nitrogens with one attached hydrogen (secondary N) is 1. The Morgan fingerprint density at radius 3 is 2.73 bits per heavy atom. The number of halogens is 1. The molecule has 6 heteroatoms. The Morgan fingerprint density at radius 1 is 1.35 bits per heavy atom. The van der Waals surface area contributed by atoms with Crippen LogP contribution in [0.15, 0.2) is 28.3 Å². The Kier molecular flexibility index (Phi) is 5.37. The van der Waals surface area contributed by atoms with E-state index in [1.807, 2.05) is 37.8 Å². The smallest absolute Gasteiger partial charge is 0.324 e. The molecule has 138 valence electrons. The third kappa shape index (κ3) is 4.10. The van der Waals surface area contributed by atoms with Crippen LogP contribution in [0.3, 0.4) is 0 Å². The van der Waals surface area contributed by atoms with Gasteiger partial charge in [0.1, 0.15) is 0 Å². The molecule has 1 aliphatic rings. The molecular formula is C20H24ClN3O2. The van der Waals surface area contributed by atoms with Gasteiger partial charge in [-0.3, -0.25) is 5.32 Å². The summed E-state index contributed by atoms with van der Waals surface area (Å²) < 4.78 is 5.17. The van der Waals surface area contributed by atoms with Gasteiger partial charge in [-0.05, 0) is 56.4 Å². The Bertz CT molecular complexity index is 836. The summed E-state index contributed by atoms with van der Waals surface area (Å²) in [6.45, 7) is 9.27. The van der Waals surface area contributed by atoms with E-state index in [0.29, 0.717) is 19.0 Å². The monoisotopic (exact) mass is 373 g/mol. The predicted octanol–water partition coefficient (Wildman–Crippen LogP) is 5.21. The summed E-state index contributed by atoms with van der Waals surface area (Å²) in [5, 5.41) is 7.45. The summed E-state index contributed by atoms with van der Waals surface area (Å²) in [6, 6.07) is 5.91. The van der Waals surface area contributed by atoms with Crippen LogP contribution in [0.4, 0.5) is 10.7 Å². The van der Waals surface area contributed by atoms with E-state index in [-0.39, 0.29) is 11.9 Å². The number of rotatable bonds is 2. The van der Waals surface area contributed by atoms with Crippen LogP contribution >= 0.6 is 11.6 Å². The normalized spacial score (nSPS) is 19.0. The summed E-state index contributed by atoms with van der Waals surface area (Å²) >= 11 is 6.16. The third-order valence-electron chi connectivity index (χ3n) is 4.88. The van der Waals surface area contributed by atoms with E-state index < -0.39 is 0 Å². The number of benzene rings is 1. The summed E-state index contributed by atoms with van der Waals surface area (Å²) in [5.41, 5.74) is 5.24. The highest BCUT2D eigenvalue weighted by atomic mass is 35.5. The van der Waals surface area contributed by atoms with Crippen LogP contribution in [0, 0.1) is 26.7 Å². The standard InChI is InChI=1S/C20H24ClN3O2/c1-12-7-16(10-18(21)8-12)9-17-5-6-24(11-13(17)2)20(25)22-19-14(3)15(4)23-26-19/h7-10,13H,5-6,11H2,1-4H3,(H,22,25). The van der Waals surface area contributed by atoms with Crippen LogP contribution in [0.1, 0.15) is 35.7 Å². The number of urea groups is 1. The first-order valence-electron chi connectivity index (χ1n) is 8.80. The van der Waals surface area contributed by atoms with Crippen LogP contribution < -0.4 is 5.32 Å². The Hall–Kier alpha value is -2.27. The zero-order chi connectivity index (χ0) is 18.8. The maximum absolute atomic E-state index is 12.5. The predicted molar refractivity (Wildman–Crippen MR) is 105 cm³/mol. The molecule has 1 unspecified atom stereocenters. The zero-order valence-corrected chi connectivity index (χ0v) is 16.4. The van der Waals surface area contributed by atoms with Crippen molar-refractivity contribution >= 4 is 29.6 Å². The molecule has 2 heterocycles. The minimum Gasteiger partial charge on any atom is -0.338 e. The molecule has 1 fully saturated rings. The highest BCUT2D eigenvalue weighted by molar-refractivity contribution is 6.30. The van der Waals surface area contributed by atoms with E-state index in [9.17, 15) is 4.79 Å². The molecule has 26 heavy (non-hydrogen) atoms. The van der Waals surface area contributed by atoms with E-state index in [2.05, 4.69) is 29.5 Å². The van der Waals surface area contributed by atoms with Gasteiger partial charge in [-0.25, -0.2) is 4.79 Å². The van der Waals surface area contributed by atoms with Crippen molar-refractivity contribution in [1.82, 2.24) is 10.1 Å². The highest BCUT2D eigenvalue weighted by Gasteiger charge is 2.25. The molecule has 1 saturated heterocycles. The Balaban J connectivity index is 1.67. The molecule has 1 N–H and O–H groups in total. The summed E-state index contributed by atoms with van der Waals surface area (Å²) in [5.74, 6) is 0.710. The van der Waals surface area contributed by atoms with E-state index >= 15 is 0 Å². The van der Waals surface area contributed by atoms with Crippen molar-refractivity contribution in [1.29, 1.82) is 0 Å². The molecule has 0 bridgehead atoms. The zero-order valence-electron chi connectivity index (χ0n) is 15.6. The topological polar surface area (TPSA) is 58.4 Å². The highest BCUT2D eigenvalue weighted by Crippen LogP contribution is 2.27. The molecule has 0 saturated carbocycles. The lowest BCUT2D eigenvalue weighted by atomic mass is 9.91. The van der Waals surface area contributed by atoms with Crippen LogP contribution in [-0.4, -0.2) is 29.2 Å². The average molecular weight is 374 g/mol. The molecule has 0 spiro atoms. The number of amides is 2. The van der Waals surface area contributed by atoms with Crippen LogP contribution in [0.2, 0.25) is 5.02 Å². The Labute approximate surface area is 159 Å².